The van der Waals surface area contributed by atoms with E-state index in [9.17, 15) is 18.0 Å². The van der Waals surface area contributed by atoms with Crippen LogP contribution in [0, 0.1) is 6.92 Å². The Morgan fingerprint density at radius 3 is 2.57 bits per heavy atom. The van der Waals surface area contributed by atoms with Gasteiger partial charge in [-0.15, -0.1) is 0 Å². The average Bonchev–Trinajstić information content (AvgIpc) is 2.81. The number of hydrogen-bond donors (Lipinski definition) is 1. The Morgan fingerprint density at radius 1 is 1.33 bits per heavy atom. The Labute approximate surface area is 118 Å². The van der Waals surface area contributed by atoms with Crippen LogP contribution in [0.15, 0.2) is 36.5 Å². The molecule has 1 heterocycles. The van der Waals surface area contributed by atoms with Gasteiger partial charge in [-0.1, -0.05) is 6.07 Å². The summed E-state index contributed by atoms with van der Waals surface area (Å²) in [6, 6.07) is 5.15. The lowest BCUT2D eigenvalue weighted by atomic mass is 10.1. The average molecular weight is 296 g/mol. The van der Waals surface area contributed by atoms with Gasteiger partial charge >= 0.3 is 12.1 Å². The second-order valence-corrected chi connectivity index (χ2v) is 4.35. The van der Waals surface area contributed by atoms with E-state index < -0.39 is 17.7 Å². The number of nitrogens with zero attached hydrogens (tertiary/aromatic N) is 2. The van der Waals surface area contributed by atoms with E-state index >= 15 is 0 Å². The zero-order chi connectivity index (χ0) is 15.6. The van der Waals surface area contributed by atoms with Crippen molar-refractivity contribution in [2.75, 3.05) is 0 Å². The molecule has 1 aromatic heterocycles. The molecular formula is C14H11F3N2O2. The van der Waals surface area contributed by atoms with Gasteiger partial charge in [0.05, 0.1) is 16.9 Å². The van der Waals surface area contributed by atoms with Crippen LogP contribution in [0.5, 0.6) is 0 Å². The van der Waals surface area contributed by atoms with Gasteiger partial charge in [0.25, 0.3) is 0 Å². The summed E-state index contributed by atoms with van der Waals surface area (Å²) in [6.45, 7) is 1.67. The number of carbonyl (C=O) groups is 1. The third kappa shape index (κ3) is 3.50. The molecule has 0 radical (unpaired) electrons. The second-order valence-electron chi connectivity index (χ2n) is 4.35. The predicted octanol–water partition coefficient (Wildman–Crippen LogP) is 3.30. The van der Waals surface area contributed by atoms with Crippen molar-refractivity contribution in [1.82, 2.24) is 9.78 Å². The van der Waals surface area contributed by atoms with Crippen LogP contribution in [0.2, 0.25) is 0 Å². The summed E-state index contributed by atoms with van der Waals surface area (Å²) in [5.41, 5.74) is -0.239. The van der Waals surface area contributed by atoms with Crippen molar-refractivity contribution in [3.8, 4) is 5.69 Å². The van der Waals surface area contributed by atoms with Crippen LogP contribution in [0.3, 0.4) is 0 Å². The predicted molar refractivity (Wildman–Crippen MR) is 70.0 cm³/mol. The summed E-state index contributed by atoms with van der Waals surface area (Å²) in [5, 5.41) is 12.5. The molecule has 0 aliphatic carbocycles. The second kappa shape index (κ2) is 5.43. The summed E-state index contributed by atoms with van der Waals surface area (Å²) in [5.74, 6) is -1.23. The Hall–Kier alpha value is -2.57. The van der Waals surface area contributed by atoms with Gasteiger partial charge in [-0.25, -0.2) is 9.48 Å². The van der Waals surface area contributed by atoms with Crippen molar-refractivity contribution >= 4 is 12.0 Å². The van der Waals surface area contributed by atoms with E-state index in [1.807, 2.05) is 0 Å². The lowest BCUT2D eigenvalue weighted by Gasteiger charge is -2.13. The van der Waals surface area contributed by atoms with Crippen molar-refractivity contribution in [3.63, 3.8) is 0 Å². The van der Waals surface area contributed by atoms with Crippen LogP contribution in [-0.2, 0) is 11.0 Å². The molecule has 4 nitrogen and oxygen atoms in total. The Morgan fingerprint density at radius 2 is 2.05 bits per heavy atom. The maximum atomic E-state index is 13.1. The van der Waals surface area contributed by atoms with Gasteiger partial charge in [-0.05, 0) is 36.8 Å². The highest BCUT2D eigenvalue weighted by molar-refractivity contribution is 5.85. The van der Waals surface area contributed by atoms with Gasteiger partial charge in [-0.2, -0.15) is 18.3 Å². The lowest BCUT2D eigenvalue weighted by Crippen LogP contribution is -2.11. The number of aromatic nitrogens is 2. The van der Waals surface area contributed by atoms with Crippen molar-refractivity contribution < 1.29 is 23.1 Å². The Balaban J connectivity index is 2.54. The van der Waals surface area contributed by atoms with Gasteiger partial charge in [0.2, 0.25) is 0 Å². The van der Waals surface area contributed by atoms with Crippen LogP contribution in [0.1, 0.15) is 16.8 Å². The van der Waals surface area contributed by atoms with Crippen molar-refractivity contribution in [3.05, 3.63) is 53.4 Å². The molecule has 0 atom stereocenters. The first-order valence-corrected chi connectivity index (χ1v) is 5.92. The molecule has 1 aromatic carbocycles. The molecule has 0 bridgehead atoms. The van der Waals surface area contributed by atoms with Gasteiger partial charge in [0.1, 0.15) is 0 Å². The van der Waals surface area contributed by atoms with E-state index in [4.69, 9.17) is 5.11 Å². The summed E-state index contributed by atoms with van der Waals surface area (Å²) in [4.78, 5) is 10.4. The first-order chi connectivity index (χ1) is 9.77. The quantitative estimate of drug-likeness (QED) is 0.884. The highest BCUT2D eigenvalue weighted by atomic mass is 19.4. The fourth-order valence-corrected chi connectivity index (χ4v) is 1.80. The van der Waals surface area contributed by atoms with Gasteiger partial charge in [0, 0.05) is 12.3 Å². The molecule has 1 N–H and O–H groups in total. The molecular weight excluding hydrogens is 285 g/mol. The largest absolute Gasteiger partial charge is 0.478 e. The Bertz CT molecular complexity index is 702. The molecule has 0 fully saturated rings. The number of aliphatic carboxylic acids is 1. The molecule has 2 aromatic rings. The molecule has 0 aliphatic heterocycles. The third-order valence-corrected chi connectivity index (χ3v) is 2.71. The monoisotopic (exact) mass is 296 g/mol. The number of carboxylic acids is 1. The summed E-state index contributed by atoms with van der Waals surface area (Å²) in [6.07, 6.45) is -1.24. The molecule has 110 valence electrons. The maximum absolute atomic E-state index is 13.1. The molecule has 7 heteroatoms. The van der Waals surface area contributed by atoms with Crippen LogP contribution in [-0.4, -0.2) is 20.9 Å². The number of rotatable bonds is 3. The summed E-state index contributed by atoms with van der Waals surface area (Å²) >= 11 is 0. The van der Waals surface area contributed by atoms with E-state index in [2.05, 4.69) is 5.10 Å². The molecule has 21 heavy (non-hydrogen) atoms. The van der Waals surface area contributed by atoms with E-state index in [0.717, 1.165) is 22.9 Å². The first kappa shape index (κ1) is 14.8. The molecule has 0 spiro atoms. The standard InChI is InChI=1S/C14H11F3N2O2/c1-9-6-7-19(18-9)12-4-2-10(3-5-13(20)21)8-11(12)14(15,16)17/h2-8H,1H3,(H,20,21)/b5-3+. The van der Waals surface area contributed by atoms with E-state index in [1.165, 1.54) is 18.3 Å². The SMILES string of the molecule is Cc1ccn(-c2ccc(/C=C/C(=O)O)cc2C(F)(F)F)n1. The smallest absolute Gasteiger partial charge is 0.418 e. The molecule has 0 saturated carbocycles. The highest BCUT2D eigenvalue weighted by Gasteiger charge is 2.34. The molecule has 0 aliphatic rings. The highest BCUT2D eigenvalue weighted by Crippen LogP contribution is 2.34. The van der Waals surface area contributed by atoms with E-state index in [-0.39, 0.29) is 11.3 Å². The van der Waals surface area contributed by atoms with Gasteiger partial charge in [-0.3, -0.25) is 0 Å². The zero-order valence-corrected chi connectivity index (χ0v) is 10.9. The minimum absolute atomic E-state index is 0.108. The number of hydrogen-bond acceptors (Lipinski definition) is 2. The van der Waals surface area contributed by atoms with Crippen LogP contribution in [0.25, 0.3) is 11.8 Å². The van der Waals surface area contributed by atoms with Crippen molar-refractivity contribution in [1.29, 1.82) is 0 Å². The first-order valence-electron chi connectivity index (χ1n) is 5.92. The van der Waals surface area contributed by atoms with Crippen molar-refractivity contribution in [2.24, 2.45) is 0 Å². The Kier molecular flexibility index (Phi) is 3.84. The number of aryl methyl sites for hydroxylation is 1. The van der Waals surface area contributed by atoms with Gasteiger partial charge in [0.15, 0.2) is 0 Å². The minimum atomic E-state index is -4.57. The number of alkyl halides is 3. The molecule has 0 amide bonds. The van der Waals surface area contributed by atoms with E-state index in [1.54, 1.807) is 13.0 Å². The van der Waals surface area contributed by atoms with Crippen LogP contribution >= 0.6 is 0 Å². The zero-order valence-electron chi connectivity index (χ0n) is 10.9. The summed E-state index contributed by atoms with van der Waals surface area (Å²) < 4.78 is 40.6. The maximum Gasteiger partial charge on any atom is 0.418 e. The molecule has 0 unspecified atom stereocenters. The molecule has 0 saturated heterocycles. The van der Waals surface area contributed by atoms with Gasteiger partial charge < -0.3 is 5.11 Å². The van der Waals surface area contributed by atoms with E-state index in [0.29, 0.717) is 5.69 Å². The summed E-state index contributed by atoms with van der Waals surface area (Å²) in [7, 11) is 0. The lowest BCUT2D eigenvalue weighted by molar-refractivity contribution is -0.137. The number of benzene rings is 1. The van der Waals surface area contributed by atoms with Crippen LogP contribution in [0.4, 0.5) is 13.2 Å². The normalized spacial score (nSPS) is 12.0. The van der Waals surface area contributed by atoms with Crippen molar-refractivity contribution in [2.45, 2.75) is 13.1 Å². The van der Waals surface area contributed by atoms with Crippen LogP contribution < -0.4 is 0 Å². The topological polar surface area (TPSA) is 55.1 Å². The fraction of sp³-hybridized carbons (Fsp3) is 0.143. The molecule has 2 rings (SSSR count). The minimum Gasteiger partial charge on any atom is -0.478 e. The fourth-order valence-electron chi connectivity index (χ4n) is 1.80. The number of carboxylic acid groups (broad SMARTS) is 1. The number of halogens is 3. The third-order valence-electron chi connectivity index (χ3n) is 2.71.